The molecule has 0 rings (SSSR count). The monoisotopic (exact) mass is 742 g/mol. The number of nitrogens with one attached hydrogen (secondary N) is 1. The third-order valence-corrected chi connectivity index (χ3v) is 9.74. The van der Waals surface area contributed by atoms with Crippen molar-refractivity contribution in [2.75, 3.05) is 6.61 Å². The van der Waals surface area contributed by atoms with E-state index in [2.05, 4.69) is 32.2 Å². The molecule has 0 fully saturated rings. The Labute approximate surface area is 327 Å². The minimum absolute atomic E-state index is 0.0481. The molecule has 0 heterocycles. The van der Waals surface area contributed by atoms with E-state index in [0.717, 1.165) is 51.4 Å². The highest BCUT2D eigenvalue weighted by Crippen LogP contribution is 2.17. The van der Waals surface area contributed by atoms with Crippen LogP contribution in [0.2, 0.25) is 0 Å². The Morgan fingerprint density at radius 2 is 1.00 bits per heavy atom. The number of hydrogen-bond acceptors (Lipinski definition) is 5. The molecular weight excluding hydrogens is 659 g/mol. The molecule has 6 heteroatoms. The van der Waals surface area contributed by atoms with E-state index in [4.69, 9.17) is 4.74 Å². The van der Waals surface area contributed by atoms with Crippen LogP contribution in [0.15, 0.2) is 60.8 Å². The van der Waals surface area contributed by atoms with Crippen LogP contribution in [0, 0.1) is 0 Å². The number of ether oxygens (including phenoxy) is 1. The first-order chi connectivity index (χ1) is 26.0. The maximum absolute atomic E-state index is 13.1. The largest absolute Gasteiger partial charge is 0.462 e. The van der Waals surface area contributed by atoms with Crippen molar-refractivity contribution >= 4 is 11.9 Å². The minimum atomic E-state index is -0.797. The van der Waals surface area contributed by atoms with Crippen molar-refractivity contribution in [2.45, 2.75) is 219 Å². The molecular formula is C47H83NO5. The van der Waals surface area contributed by atoms with E-state index in [-0.39, 0.29) is 24.9 Å². The maximum atomic E-state index is 13.1. The minimum Gasteiger partial charge on any atom is -0.462 e. The van der Waals surface area contributed by atoms with Crippen LogP contribution < -0.4 is 5.32 Å². The fourth-order valence-corrected chi connectivity index (χ4v) is 6.40. The van der Waals surface area contributed by atoms with Crippen molar-refractivity contribution in [1.82, 2.24) is 5.32 Å². The Morgan fingerprint density at radius 3 is 1.47 bits per heavy atom. The van der Waals surface area contributed by atoms with Crippen molar-refractivity contribution in [3.05, 3.63) is 60.8 Å². The van der Waals surface area contributed by atoms with E-state index in [0.29, 0.717) is 25.7 Å². The molecule has 0 aliphatic carbocycles. The van der Waals surface area contributed by atoms with Gasteiger partial charge in [0, 0.05) is 6.42 Å². The number of aliphatic hydroxyl groups is 2. The van der Waals surface area contributed by atoms with Crippen LogP contribution in [0.3, 0.4) is 0 Å². The first kappa shape index (κ1) is 50.6. The summed E-state index contributed by atoms with van der Waals surface area (Å²) in [5.74, 6) is -0.568. The Bertz CT molecular complexity index is 968. The topological polar surface area (TPSA) is 95.9 Å². The summed E-state index contributed by atoms with van der Waals surface area (Å²) in [5, 5.41) is 23.6. The van der Waals surface area contributed by atoms with Crippen molar-refractivity contribution in [3.8, 4) is 0 Å². The number of aliphatic hydroxyl groups excluding tert-OH is 2. The molecule has 0 saturated heterocycles. The molecule has 0 aliphatic heterocycles. The summed E-state index contributed by atoms with van der Waals surface area (Å²) in [5.41, 5.74) is 0. The molecule has 0 bridgehead atoms. The van der Waals surface area contributed by atoms with E-state index in [1.165, 1.54) is 96.3 Å². The van der Waals surface area contributed by atoms with Gasteiger partial charge in [0.2, 0.25) is 5.91 Å². The van der Waals surface area contributed by atoms with Gasteiger partial charge in [-0.15, -0.1) is 0 Å². The molecule has 53 heavy (non-hydrogen) atoms. The van der Waals surface area contributed by atoms with Crippen LogP contribution in [-0.4, -0.2) is 46.9 Å². The van der Waals surface area contributed by atoms with Gasteiger partial charge in [0.25, 0.3) is 0 Å². The summed E-state index contributed by atoms with van der Waals surface area (Å²) in [4.78, 5) is 25.8. The van der Waals surface area contributed by atoms with Gasteiger partial charge in [0.15, 0.2) is 0 Å². The number of allylic oxidation sites excluding steroid dienone is 10. The van der Waals surface area contributed by atoms with Crippen LogP contribution in [-0.2, 0) is 14.3 Å². The molecule has 0 aromatic rings. The van der Waals surface area contributed by atoms with Gasteiger partial charge >= 0.3 is 5.97 Å². The third kappa shape index (κ3) is 36.3. The van der Waals surface area contributed by atoms with E-state index >= 15 is 0 Å². The lowest BCUT2D eigenvalue weighted by Crippen LogP contribution is -2.46. The number of unbranched alkanes of at least 4 members (excludes halogenated alkanes) is 20. The lowest BCUT2D eigenvalue weighted by atomic mass is 10.0. The molecule has 0 aromatic heterocycles. The van der Waals surface area contributed by atoms with E-state index in [1.807, 2.05) is 54.7 Å². The second-order valence-corrected chi connectivity index (χ2v) is 14.8. The Kier molecular flexibility index (Phi) is 38.9. The van der Waals surface area contributed by atoms with Crippen LogP contribution in [0.1, 0.15) is 201 Å². The van der Waals surface area contributed by atoms with Gasteiger partial charge in [-0.2, -0.15) is 0 Å². The van der Waals surface area contributed by atoms with Crippen molar-refractivity contribution in [3.63, 3.8) is 0 Å². The van der Waals surface area contributed by atoms with E-state index < -0.39 is 18.2 Å². The second kappa shape index (κ2) is 40.7. The number of amides is 1. The molecule has 6 nitrogen and oxygen atoms in total. The molecule has 3 atom stereocenters. The average molecular weight is 742 g/mol. The first-order valence-electron chi connectivity index (χ1n) is 22.1. The van der Waals surface area contributed by atoms with E-state index in [1.54, 1.807) is 0 Å². The summed E-state index contributed by atoms with van der Waals surface area (Å²) in [6, 6.07) is -0.713. The smallest absolute Gasteiger partial charge is 0.306 e. The molecule has 0 aromatic carbocycles. The fraction of sp³-hybridized carbons (Fsp3) is 0.745. The van der Waals surface area contributed by atoms with E-state index in [9.17, 15) is 19.8 Å². The summed E-state index contributed by atoms with van der Waals surface area (Å²) in [6.07, 6.45) is 48.6. The highest BCUT2D eigenvalue weighted by molar-refractivity contribution is 5.77. The van der Waals surface area contributed by atoms with Crippen LogP contribution >= 0.6 is 0 Å². The first-order valence-corrected chi connectivity index (χ1v) is 22.1. The molecule has 306 valence electrons. The van der Waals surface area contributed by atoms with Crippen molar-refractivity contribution < 1.29 is 24.5 Å². The molecule has 0 aliphatic rings. The molecule has 0 radical (unpaired) electrons. The number of esters is 1. The van der Waals surface area contributed by atoms with Gasteiger partial charge in [-0.3, -0.25) is 9.59 Å². The number of carbonyl (C=O) groups is 2. The third-order valence-electron chi connectivity index (χ3n) is 9.74. The molecule has 1 amide bonds. The number of rotatable bonds is 38. The van der Waals surface area contributed by atoms with Crippen LogP contribution in [0.5, 0.6) is 0 Å². The zero-order valence-corrected chi connectivity index (χ0v) is 34.6. The summed E-state index contributed by atoms with van der Waals surface area (Å²) >= 11 is 0. The highest BCUT2D eigenvalue weighted by Gasteiger charge is 2.24. The molecule has 3 unspecified atom stereocenters. The zero-order chi connectivity index (χ0) is 38.9. The maximum Gasteiger partial charge on any atom is 0.306 e. The predicted octanol–water partition coefficient (Wildman–Crippen LogP) is 12.5. The zero-order valence-electron chi connectivity index (χ0n) is 34.6. The number of carbonyl (C=O) groups excluding carboxylic acids is 2. The number of hydrogen-bond donors (Lipinski definition) is 3. The lowest BCUT2D eigenvalue weighted by molar-refractivity contribution is -0.151. The van der Waals surface area contributed by atoms with Gasteiger partial charge in [-0.05, 0) is 38.5 Å². The SMILES string of the molecule is CC/C=C/C=C/C=C\C=C/C=C/CCCC(=O)OC(CCCCCCCCCC)CC(=O)NC(CO)C(O)CCCCCCCCCCCCCCC. The molecule has 0 spiro atoms. The van der Waals surface area contributed by atoms with Gasteiger partial charge in [-0.25, -0.2) is 0 Å². The van der Waals surface area contributed by atoms with Gasteiger partial charge in [-0.1, -0.05) is 210 Å². The summed E-state index contributed by atoms with van der Waals surface area (Å²) in [6.45, 7) is 6.28. The van der Waals surface area contributed by atoms with Gasteiger partial charge < -0.3 is 20.3 Å². The standard InChI is InChI=1S/C47H83NO5/c1-4-7-10-13-16-19-21-23-25-27-30-33-36-39-45(50)44(42-49)48-46(51)41-43(38-35-32-29-18-15-12-9-6-3)53-47(52)40-37-34-31-28-26-24-22-20-17-14-11-8-5-2/h8,11,14,17,20,22,24,26,28,31,43-45,49-50H,4-7,9-10,12-13,15-16,18-19,21,23,25,27,29-30,32-42H2,1-3H3,(H,48,51)/b11-8+,17-14+,22-20-,26-24-,31-28+. The van der Waals surface area contributed by atoms with Crippen LogP contribution in [0.4, 0.5) is 0 Å². The fourth-order valence-electron chi connectivity index (χ4n) is 6.40. The van der Waals surface area contributed by atoms with Gasteiger partial charge in [0.1, 0.15) is 6.10 Å². The van der Waals surface area contributed by atoms with Gasteiger partial charge in [0.05, 0.1) is 25.2 Å². The van der Waals surface area contributed by atoms with Crippen molar-refractivity contribution in [1.29, 1.82) is 0 Å². The summed E-state index contributed by atoms with van der Waals surface area (Å²) < 4.78 is 5.83. The van der Waals surface area contributed by atoms with Crippen LogP contribution in [0.25, 0.3) is 0 Å². The lowest BCUT2D eigenvalue weighted by Gasteiger charge is -2.24. The predicted molar refractivity (Wildman–Crippen MR) is 227 cm³/mol. The Balaban J connectivity index is 4.61. The normalized spacial score (nSPS) is 14.0. The average Bonchev–Trinajstić information content (AvgIpc) is 3.15. The molecule has 3 N–H and O–H groups in total. The Morgan fingerprint density at radius 1 is 0.566 bits per heavy atom. The Hall–Kier alpha value is -2.44. The summed E-state index contributed by atoms with van der Waals surface area (Å²) in [7, 11) is 0. The molecule has 0 saturated carbocycles. The quantitative estimate of drug-likeness (QED) is 0.0333. The second-order valence-electron chi connectivity index (χ2n) is 14.8. The van der Waals surface area contributed by atoms with Crippen molar-refractivity contribution in [2.24, 2.45) is 0 Å². The highest BCUT2D eigenvalue weighted by atomic mass is 16.5.